The molecule has 0 amide bonds. The normalized spacial score (nSPS) is 13.0. The summed E-state index contributed by atoms with van der Waals surface area (Å²) in [6, 6.07) is 133. The maximum absolute atomic E-state index is 8.13. The third kappa shape index (κ3) is 9.12. The molecular weight excluding hydrogens is 1360 g/mol. The SMILES string of the molecule is c1ccc(-c2ccccc2N2c3cc4c(cc3B3c5ccccc5N(c5ccccc5)c5cc(N(c6ccccc6)c6cccc7sc8ccccc8c67)cc2c53)B2c3ccccc3N(c3cccc5sc6ccccc6c35)c3cc(N(c5ccccc5)c5cccc6sc7ccccc7c56)cc(c32)O4)cc1. The second kappa shape index (κ2) is 23.8. The zero-order valence-corrected chi connectivity index (χ0v) is 60.0. The third-order valence-corrected chi connectivity index (χ3v) is 25.8. The van der Waals surface area contributed by atoms with Gasteiger partial charge in [0.15, 0.2) is 0 Å². The number of benzene rings is 16. The van der Waals surface area contributed by atoms with Crippen molar-refractivity contribution in [3.8, 4) is 22.6 Å². The van der Waals surface area contributed by atoms with Crippen LogP contribution in [0.15, 0.2) is 358 Å². The van der Waals surface area contributed by atoms with E-state index in [0.717, 1.165) is 119 Å². The summed E-state index contributed by atoms with van der Waals surface area (Å²) >= 11 is 5.56. The Labute approximate surface area is 631 Å². The Bertz CT molecular complexity index is 6880. The molecular formula is C96H59B2N5OS3. The van der Waals surface area contributed by atoms with E-state index >= 15 is 0 Å². The lowest BCUT2D eigenvalue weighted by atomic mass is 9.30. The molecule has 0 radical (unpaired) electrons. The second-order valence-corrected chi connectivity index (χ2v) is 31.4. The molecule has 4 aliphatic heterocycles. The Morgan fingerprint density at radius 3 is 1.27 bits per heavy atom. The number of rotatable bonds is 10. The van der Waals surface area contributed by atoms with Crippen LogP contribution in [0, 0.1) is 0 Å². The van der Waals surface area contributed by atoms with E-state index in [9.17, 15) is 0 Å². The summed E-state index contributed by atoms with van der Waals surface area (Å²) < 4.78 is 15.6. The monoisotopic (exact) mass is 1420 g/mol. The molecule has 0 bridgehead atoms. The summed E-state index contributed by atoms with van der Waals surface area (Å²) in [6.07, 6.45) is 0. The van der Waals surface area contributed by atoms with E-state index in [2.05, 4.69) is 382 Å². The molecule has 19 aromatic rings. The summed E-state index contributed by atoms with van der Waals surface area (Å²) in [6.45, 7) is -0.495. The number of ether oxygens (including phenoxy) is 1. The highest BCUT2D eigenvalue weighted by atomic mass is 32.1. The maximum Gasteiger partial charge on any atom is 0.256 e. The van der Waals surface area contributed by atoms with Gasteiger partial charge in [0.2, 0.25) is 0 Å². The third-order valence-electron chi connectivity index (χ3n) is 22.4. The number of fused-ring (bicyclic) bond motifs is 17. The lowest BCUT2D eigenvalue weighted by Gasteiger charge is -2.46. The van der Waals surface area contributed by atoms with Gasteiger partial charge in [0.1, 0.15) is 11.5 Å². The van der Waals surface area contributed by atoms with Gasteiger partial charge >= 0.3 is 0 Å². The molecule has 0 saturated heterocycles. The van der Waals surface area contributed by atoms with Gasteiger partial charge in [0.05, 0.1) is 34.1 Å². The molecule has 7 heterocycles. The van der Waals surface area contributed by atoms with Crippen LogP contribution in [0.2, 0.25) is 0 Å². The Balaban J connectivity index is 0.825. The van der Waals surface area contributed by atoms with Gasteiger partial charge in [-0.2, -0.15) is 0 Å². The van der Waals surface area contributed by atoms with Crippen molar-refractivity contribution in [2.45, 2.75) is 0 Å². The molecule has 11 heteroatoms. The van der Waals surface area contributed by atoms with Crippen molar-refractivity contribution in [1.29, 1.82) is 0 Å². The number of para-hydroxylation sites is 6. The molecule has 6 nitrogen and oxygen atoms in total. The molecule has 0 atom stereocenters. The summed E-state index contributed by atoms with van der Waals surface area (Å²) in [7, 11) is 0. The summed E-state index contributed by atoms with van der Waals surface area (Å²) in [4.78, 5) is 12.7. The molecule has 4 aliphatic rings. The molecule has 107 heavy (non-hydrogen) atoms. The van der Waals surface area contributed by atoms with E-state index in [1.54, 1.807) is 0 Å². The van der Waals surface area contributed by atoms with Gasteiger partial charge in [0, 0.05) is 129 Å². The topological polar surface area (TPSA) is 25.4 Å². The number of hydrogen-bond acceptors (Lipinski definition) is 9. The number of nitrogens with zero attached hydrogens (tertiary/aromatic N) is 5. The van der Waals surface area contributed by atoms with Crippen molar-refractivity contribution in [2.24, 2.45) is 0 Å². The number of hydrogen-bond donors (Lipinski definition) is 0. The van der Waals surface area contributed by atoms with Gasteiger partial charge in [-0.25, -0.2) is 0 Å². The van der Waals surface area contributed by atoms with Crippen molar-refractivity contribution in [3.63, 3.8) is 0 Å². The average molecular weight is 1420 g/mol. The Kier molecular flexibility index (Phi) is 13.5. The van der Waals surface area contributed by atoms with E-state index in [4.69, 9.17) is 4.74 Å². The smallest absolute Gasteiger partial charge is 0.256 e. The molecule has 0 N–H and O–H groups in total. The van der Waals surface area contributed by atoms with E-state index in [0.29, 0.717) is 0 Å². The largest absolute Gasteiger partial charge is 0.458 e. The van der Waals surface area contributed by atoms with Crippen molar-refractivity contribution >= 4 is 226 Å². The average Bonchev–Trinajstić information content (AvgIpc) is 1.05. The lowest BCUT2D eigenvalue weighted by molar-refractivity contribution is 0.488. The molecule has 0 spiro atoms. The van der Waals surface area contributed by atoms with Crippen molar-refractivity contribution < 1.29 is 4.74 Å². The highest BCUT2D eigenvalue weighted by molar-refractivity contribution is 7.26. The summed E-state index contributed by atoms with van der Waals surface area (Å²) in [5.41, 5.74) is 25.6. The van der Waals surface area contributed by atoms with Gasteiger partial charge in [-0.1, -0.05) is 218 Å². The predicted octanol–water partition coefficient (Wildman–Crippen LogP) is 23.9. The van der Waals surface area contributed by atoms with Crippen LogP contribution in [0.4, 0.5) is 85.3 Å². The molecule has 0 fully saturated rings. The van der Waals surface area contributed by atoms with Crippen LogP contribution >= 0.6 is 34.0 Å². The molecule has 16 aromatic carbocycles. The summed E-state index contributed by atoms with van der Waals surface area (Å²) in [5, 5.41) is 7.40. The van der Waals surface area contributed by atoms with Crippen LogP contribution in [-0.2, 0) is 0 Å². The van der Waals surface area contributed by atoms with Crippen LogP contribution in [-0.4, -0.2) is 13.4 Å². The first-order valence-corrected chi connectivity index (χ1v) is 39.0. The van der Waals surface area contributed by atoms with Gasteiger partial charge in [0.25, 0.3) is 13.4 Å². The Morgan fingerprint density at radius 1 is 0.252 bits per heavy atom. The molecule has 23 rings (SSSR count). The van der Waals surface area contributed by atoms with E-state index in [1.165, 1.54) is 82.4 Å². The zero-order chi connectivity index (χ0) is 70.0. The fourth-order valence-corrected chi connectivity index (χ4v) is 21.5. The maximum atomic E-state index is 8.13. The lowest BCUT2D eigenvalue weighted by Crippen LogP contribution is -2.64. The number of thiophene rings is 3. The summed E-state index contributed by atoms with van der Waals surface area (Å²) in [5.74, 6) is 1.63. The minimum absolute atomic E-state index is 0.238. The number of anilines is 15. The standard InChI is InChI=1S/C96H59B2N5OS3/c1-5-28-60(29-6-1)66-36-13-19-42-74(66)102-80-59-84-73(58-72(80)97-70-40-17-20-43-75(70)101(63-34-11-4-12-35-63)81-54-64(55-82(102)95(81)97)99(61-30-7-2-8-31-61)77-45-25-51-89-92(77)67-37-14-22-48-86(67)105-89)98-71-41-18-21-44-76(71)103(79-47-27-53-91-94(79)69-39-16-24-50-88(69)107-91)83-56-65(57-85(104-84)96(83)98)100(62-32-9-3-10-33-62)78-46-26-52-90-93(78)68-38-15-23-49-87(68)106-90/h1-59H. The molecule has 0 saturated carbocycles. The Hall–Kier alpha value is -12.9. The minimum atomic E-state index is -0.258. The first-order chi connectivity index (χ1) is 53.1. The molecule has 0 aliphatic carbocycles. The van der Waals surface area contributed by atoms with Crippen molar-refractivity contribution in [1.82, 2.24) is 0 Å². The highest BCUT2D eigenvalue weighted by Gasteiger charge is 2.49. The van der Waals surface area contributed by atoms with Gasteiger partial charge in [-0.15, -0.1) is 34.0 Å². The quantitative estimate of drug-likeness (QED) is 0.127. The van der Waals surface area contributed by atoms with E-state index < -0.39 is 0 Å². The van der Waals surface area contributed by atoms with E-state index in [-0.39, 0.29) is 13.4 Å². The molecule has 498 valence electrons. The van der Waals surface area contributed by atoms with Gasteiger partial charge in [-0.3, -0.25) is 0 Å². The highest BCUT2D eigenvalue weighted by Crippen LogP contribution is 2.55. The van der Waals surface area contributed by atoms with Crippen LogP contribution < -0.4 is 62.0 Å². The van der Waals surface area contributed by atoms with Crippen LogP contribution in [0.25, 0.3) is 71.6 Å². The van der Waals surface area contributed by atoms with Crippen LogP contribution in [0.5, 0.6) is 11.5 Å². The zero-order valence-electron chi connectivity index (χ0n) is 57.6. The van der Waals surface area contributed by atoms with Crippen molar-refractivity contribution in [2.75, 3.05) is 24.5 Å². The van der Waals surface area contributed by atoms with Crippen LogP contribution in [0.1, 0.15) is 0 Å². The fourth-order valence-electron chi connectivity index (χ4n) is 18.1. The molecule has 3 aromatic heterocycles. The van der Waals surface area contributed by atoms with Gasteiger partial charge in [-0.05, 0) is 166 Å². The first-order valence-electron chi connectivity index (χ1n) is 36.5. The fraction of sp³-hybridized carbons (Fsp3) is 0. The first kappa shape index (κ1) is 60.5. The minimum Gasteiger partial charge on any atom is -0.458 e. The predicted molar refractivity (Wildman–Crippen MR) is 460 cm³/mol. The van der Waals surface area contributed by atoms with Crippen molar-refractivity contribution in [3.05, 3.63) is 358 Å². The van der Waals surface area contributed by atoms with Gasteiger partial charge < -0.3 is 29.2 Å². The molecule has 0 unspecified atom stereocenters. The van der Waals surface area contributed by atoms with E-state index in [1.807, 2.05) is 34.0 Å². The van der Waals surface area contributed by atoms with Crippen LogP contribution in [0.3, 0.4) is 0 Å². The Morgan fingerprint density at radius 2 is 0.673 bits per heavy atom. The second-order valence-electron chi connectivity index (χ2n) is 28.1.